The molecule has 0 aliphatic carbocycles. The molecule has 5 nitrogen and oxygen atoms in total. The molecule has 2 aromatic rings. The zero-order valence-corrected chi connectivity index (χ0v) is 11.8. The number of nitrogens with zero attached hydrogens (tertiary/aromatic N) is 1. The molecule has 2 rings (SSSR count). The molecule has 0 fully saturated rings. The topological polar surface area (TPSA) is 68.5 Å². The quantitative estimate of drug-likeness (QED) is 0.923. The number of fused-ring (bicyclic) bond motifs is 1. The summed E-state index contributed by atoms with van der Waals surface area (Å²) >= 11 is 0. The Labute approximate surface area is 116 Å². The van der Waals surface area contributed by atoms with Crippen molar-refractivity contribution in [2.75, 3.05) is 7.11 Å². The second-order valence-corrected chi connectivity index (χ2v) is 4.78. The van der Waals surface area contributed by atoms with Gasteiger partial charge in [0.25, 0.3) is 5.56 Å². The molecule has 1 heterocycles. The zero-order valence-electron chi connectivity index (χ0n) is 11.8. The zero-order chi connectivity index (χ0) is 14.9. The maximum Gasteiger partial charge on any atom is 0.257 e. The maximum atomic E-state index is 12.3. The van der Waals surface area contributed by atoms with Gasteiger partial charge in [-0.1, -0.05) is 0 Å². The summed E-state index contributed by atoms with van der Waals surface area (Å²) in [5, 5.41) is 10.8. The molecule has 5 heteroatoms. The van der Waals surface area contributed by atoms with Crippen LogP contribution >= 0.6 is 0 Å². The summed E-state index contributed by atoms with van der Waals surface area (Å²) in [6, 6.07) is 5.13. The van der Waals surface area contributed by atoms with Gasteiger partial charge in [-0.25, -0.2) is 0 Å². The van der Waals surface area contributed by atoms with Gasteiger partial charge in [0.1, 0.15) is 17.3 Å². The van der Waals surface area contributed by atoms with Crippen molar-refractivity contribution in [1.82, 2.24) is 4.57 Å². The van der Waals surface area contributed by atoms with Crippen LogP contribution in [0.15, 0.2) is 23.0 Å². The molecular weight excluding hydrogens is 258 g/mol. The van der Waals surface area contributed by atoms with E-state index in [1.165, 1.54) is 11.5 Å². The van der Waals surface area contributed by atoms with E-state index in [1.807, 2.05) is 0 Å². The number of aromatic hydroxyl groups is 1. The summed E-state index contributed by atoms with van der Waals surface area (Å²) in [7, 11) is 3.18. The molecule has 0 bridgehead atoms. The molecule has 1 N–H and O–H groups in total. The summed E-state index contributed by atoms with van der Waals surface area (Å²) in [6.45, 7) is 1.47. The molecule has 1 aromatic carbocycles. The molecule has 0 amide bonds. The number of carbonyl (C=O) groups is 1. The second-order valence-electron chi connectivity index (χ2n) is 4.78. The molecule has 1 aromatic heterocycles. The lowest BCUT2D eigenvalue weighted by atomic mass is 10.0. The first-order chi connectivity index (χ1) is 9.45. The number of methoxy groups -OCH3 is 1. The summed E-state index contributed by atoms with van der Waals surface area (Å²) in [6.07, 6.45) is 0.486. The Morgan fingerprint density at radius 1 is 1.40 bits per heavy atom. The number of Topliss-reactive ketones (excluding diaryl/α,β-unsaturated/α-hetero) is 1. The highest BCUT2D eigenvalue weighted by atomic mass is 16.5. The lowest BCUT2D eigenvalue weighted by molar-refractivity contribution is -0.116. The monoisotopic (exact) mass is 275 g/mol. The number of hydrogen-bond acceptors (Lipinski definition) is 4. The molecule has 0 aliphatic heterocycles. The van der Waals surface area contributed by atoms with Gasteiger partial charge in [-0.05, 0) is 25.5 Å². The third-order valence-corrected chi connectivity index (χ3v) is 3.40. The van der Waals surface area contributed by atoms with Gasteiger partial charge in [0.2, 0.25) is 0 Å². The van der Waals surface area contributed by atoms with Crippen molar-refractivity contribution in [1.29, 1.82) is 0 Å². The minimum absolute atomic E-state index is 0.0127. The fraction of sp³-hybridized carbons (Fsp3) is 0.333. The Hall–Kier alpha value is -2.30. The normalized spacial score (nSPS) is 10.8. The number of hydrogen-bond donors (Lipinski definition) is 1. The Morgan fingerprint density at radius 3 is 2.70 bits per heavy atom. The number of benzene rings is 1. The smallest absolute Gasteiger partial charge is 0.257 e. The summed E-state index contributed by atoms with van der Waals surface area (Å²) in [5.74, 6) is 0.552. The van der Waals surface area contributed by atoms with Gasteiger partial charge in [0.05, 0.1) is 18.2 Å². The van der Waals surface area contributed by atoms with Gasteiger partial charge in [-0.2, -0.15) is 0 Å². The van der Waals surface area contributed by atoms with E-state index in [-0.39, 0.29) is 35.5 Å². The van der Waals surface area contributed by atoms with E-state index in [4.69, 9.17) is 4.74 Å². The molecule has 20 heavy (non-hydrogen) atoms. The van der Waals surface area contributed by atoms with E-state index >= 15 is 0 Å². The molecule has 0 atom stereocenters. The summed E-state index contributed by atoms with van der Waals surface area (Å²) < 4.78 is 6.59. The number of ether oxygens (including phenoxy) is 1. The number of pyridine rings is 1. The number of aromatic nitrogens is 1. The highest BCUT2D eigenvalue weighted by Crippen LogP contribution is 2.29. The van der Waals surface area contributed by atoms with Crippen molar-refractivity contribution in [2.45, 2.75) is 19.8 Å². The van der Waals surface area contributed by atoms with Crippen molar-refractivity contribution < 1.29 is 14.6 Å². The maximum absolute atomic E-state index is 12.3. The average Bonchev–Trinajstić information content (AvgIpc) is 2.44. The van der Waals surface area contributed by atoms with E-state index in [0.717, 1.165) is 0 Å². The van der Waals surface area contributed by atoms with Crippen LogP contribution in [0.2, 0.25) is 0 Å². The Morgan fingerprint density at radius 2 is 2.10 bits per heavy atom. The number of ketones is 1. The van der Waals surface area contributed by atoms with E-state index in [0.29, 0.717) is 16.7 Å². The van der Waals surface area contributed by atoms with Gasteiger partial charge in [-0.15, -0.1) is 0 Å². The van der Waals surface area contributed by atoms with E-state index in [9.17, 15) is 14.7 Å². The van der Waals surface area contributed by atoms with Crippen LogP contribution in [0.1, 0.15) is 18.9 Å². The number of rotatable bonds is 4. The van der Waals surface area contributed by atoms with Crippen molar-refractivity contribution in [3.05, 3.63) is 34.1 Å². The average molecular weight is 275 g/mol. The van der Waals surface area contributed by atoms with Crippen LogP contribution < -0.4 is 10.3 Å². The molecule has 0 unspecified atom stereocenters. The molecule has 0 saturated carbocycles. The lowest BCUT2D eigenvalue weighted by Crippen LogP contribution is -2.22. The van der Waals surface area contributed by atoms with Crippen LogP contribution in [-0.4, -0.2) is 22.6 Å². The first-order valence-electron chi connectivity index (χ1n) is 6.33. The van der Waals surface area contributed by atoms with Crippen molar-refractivity contribution in [2.24, 2.45) is 7.05 Å². The third kappa shape index (κ3) is 2.39. The van der Waals surface area contributed by atoms with Crippen LogP contribution in [0.5, 0.6) is 11.5 Å². The Balaban J connectivity index is 2.67. The molecule has 0 aliphatic rings. The first kappa shape index (κ1) is 14.1. The van der Waals surface area contributed by atoms with Crippen LogP contribution in [0.4, 0.5) is 0 Å². The fourth-order valence-electron chi connectivity index (χ4n) is 2.22. The van der Waals surface area contributed by atoms with E-state index in [2.05, 4.69) is 0 Å². The molecule has 106 valence electrons. The Bertz CT molecular complexity index is 731. The fourth-order valence-corrected chi connectivity index (χ4v) is 2.22. The largest absolute Gasteiger partial charge is 0.507 e. The minimum Gasteiger partial charge on any atom is -0.507 e. The van der Waals surface area contributed by atoms with Crippen LogP contribution in [-0.2, 0) is 18.3 Å². The van der Waals surface area contributed by atoms with Crippen LogP contribution in [0.25, 0.3) is 10.9 Å². The van der Waals surface area contributed by atoms with E-state index < -0.39 is 0 Å². The number of carbonyl (C=O) groups excluding carboxylic acids is 1. The predicted molar refractivity (Wildman–Crippen MR) is 76.4 cm³/mol. The standard InChI is InChI=1S/C15H17NO4/c1-9(17)4-6-12-14(18)11-7-5-10(20-3)8-13(11)16(2)15(12)19/h5,7-8,18H,4,6H2,1-3H3. The van der Waals surface area contributed by atoms with Gasteiger partial charge in [0, 0.05) is 24.9 Å². The van der Waals surface area contributed by atoms with Crippen molar-refractivity contribution in [3.8, 4) is 11.5 Å². The van der Waals surface area contributed by atoms with Gasteiger partial charge in [-0.3, -0.25) is 4.79 Å². The highest BCUT2D eigenvalue weighted by Gasteiger charge is 2.15. The Kier molecular flexibility index (Phi) is 3.79. The van der Waals surface area contributed by atoms with Crippen molar-refractivity contribution >= 4 is 16.7 Å². The highest BCUT2D eigenvalue weighted by molar-refractivity contribution is 5.87. The van der Waals surface area contributed by atoms with Gasteiger partial charge in [0.15, 0.2) is 0 Å². The van der Waals surface area contributed by atoms with Crippen LogP contribution in [0, 0.1) is 0 Å². The van der Waals surface area contributed by atoms with Gasteiger partial charge < -0.3 is 19.2 Å². The second kappa shape index (κ2) is 5.36. The molecule has 0 saturated heterocycles. The lowest BCUT2D eigenvalue weighted by Gasteiger charge is -2.12. The SMILES string of the molecule is COc1ccc2c(O)c(CCC(C)=O)c(=O)n(C)c2c1. The number of aryl methyl sites for hydroxylation is 1. The summed E-state index contributed by atoms with van der Waals surface area (Å²) in [5.41, 5.74) is 0.586. The minimum atomic E-state index is -0.287. The summed E-state index contributed by atoms with van der Waals surface area (Å²) in [4.78, 5) is 23.3. The van der Waals surface area contributed by atoms with Crippen molar-refractivity contribution in [3.63, 3.8) is 0 Å². The molecule has 0 spiro atoms. The van der Waals surface area contributed by atoms with Crippen LogP contribution in [0.3, 0.4) is 0 Å². The predicted octanol–water partition coefficient (Wildman–Crippen LogP) is 1.77. The molecular formula is C15H17NO4. The first-order valence-corrected chi connectivity index (χ1v) is 6.33. The van der Waals surface area contributed by atoms with Gasteiger partial charge >= 0.3 is 0 Å². The van der Waals surface area contributed by atoms with E-state index in [1.54, 1.807) is 32.4 Å². The molecule has 0 radical (unpaired) electrons. The third-order valence-electron chi connectivity index (χ3n) is 3.40.